The predicted molar refractivity (Wildman–Crippen MR) is 85.6 cm³/mol. The van der Waals surface area contributed by atoms with Gasteiger partial charge in [-0.1, -0.05) is 11.6 Å². The molecule has 24 heavy (non-hydrogen) atoms. The quantitative estimate of drug-likeness (QED) is 0.665. The molecule has 122 valence electrons. The third-order valence-electron chi connectivity index (χ3n) is 3.76. The molecule has 0 N–H and O–H groups in total. The number of hydrogen-bond acceptors (Lipinski definition) is 6. The average molecular weight is 346 g/mol. The molecule has 0 amide bonds. The van der Waals surface area contributed by atoms with E-state index in [1.54, 1.807) is 25.1 Å². The van der Waals surface area contributed by atoms with E-state index < -0.39 is 5.97 Å². The van der Waals surface area contributed by atoms with Crippen molar-refractivity contribution in [2.24, 2.45) is 0 Å². The number of esters is 1. The number of nitrogens with zero attached hydrogens (tertiary/aromatic N) is 3. The molecule has 0 aliphatic carbocycles. The Morgan fingerprint density at radius 2 is 2.08 bits per heavy atom. The van der Waals surface area contributed by atoms with Gasteiger partial charge in [0.25, 0.3) is 0 Å². The van der Waals surface area contributed by atoms with Crippen LogP contribution in [0.4, 0.5) is 0 Å². The number of hydrogen-bond donors (Lipinski definition) is 0. The third kappa shape index (κ3) is 2.16. The Balaban J connectivity index is 1.95. The largest absolute Gasteiger partial charge is 0.464 e. The van der Waals surface area contributed by atoms with Crippen molar-refractivity contribution in [3.63, 3.8) is 0 Å². The first-order valence-corrected chi connectivity index (χ1v) is 7.50. The van der Waals surface area contributed by atoms with Gasteiger partial charge in [0.15, 0.2) is 22.8 Å². The minimum absolute atomic E-state index is 0.187. The zero-order valence-electron chi connectivity index (χ0n) is 12.9. The van der Waals surface area contributed by atoms with Gasteiger partial charge in [0.05, 0.1) is 18.5 Å². The van der Waals surface area contributed by atoms with Crippen LogP contribution in [-0.4, -0.2) is 34.5 Å². The summed E-state index contributed by atoms with van der Waals surface area (Å²) in [7, 11) is 1.31. The van der Waals surface area contributed by atoms with E-state index >= 15 is 0 Å². The van der Waals surface area contributed by atoms with Crippen LogP contribution in [0.15, 0.2) is 24.3 Å². The second-order valence-electron chi connectivity index (χ2n) is 5.22. The van der Waals surface area contributed by atoms with Crippen LogP contribution in [0.5, 0.6) is 11.5 Å². The van der Waals surface area contributed by atoms with Crippen LogP contribution in [0.2, 0.25) is 5.02 Å². The van der Waals surface area contributed by atoms with Crippen LogP contribution in [0.1, 0.15) is 16.2 Å². The molecule has 0 radical (unpaired) electrons. The zero-order valence-corrected chi connectivity index (χ0v) is 13.6. The van der Waals surface area contributed by atoms with Gasteiger partial charge < -0.3 is 14.2 Å². The molecular formula is C16H12ClN3O4. The van der Waals surface area contributed by atoms with Crippen molar-refractivity contribution >= 4 is 23.2 Å². The summed E-state index contributed by atoms with van der Waals surface area (Å²) in [5, 5.41) is 4.64. The summed E-state index contributed by atoms with van der Waals surface area (Å²) in [4.78, 5) is 16.7. The van der Waals surface area contributed by atoms with Crippen molar-refractivity contribution in [2.75, 3.05) is 13.9 Å². The van der Waals surface area contributed by atoms with Crippen molar-refractivity contribution < 1.29 is 19.0 Å². The summed E-state index contributed by atoms with van der Waals surface area (Å²) in [6.07, 6.45) is 0. The Hall–Kier alpha value is -2.80. The summed E-state index contributed by atoms with van der Waals surface area (Å²) in [5.74, 6) is 0.777. The zero-order chi connectivity index (χ0) is 16.8. The monoisotopic (exact) mass is 345 g/mol. The van der Waals surface area contributed by atoms with E-state index in [1.165, 1.54) is 11.6 Å². The van der Waals surface area contributed by atoms with Crippen LogP contribution in [0.25, 0.3) is 16.9 Å². The number of methoxy groups -OCH3 is 1. The van der Waals surface area contributed by atoms with Gasteiger partial charge in [-0.05, 0) is 31.2 Å². The van der Waals surface area contributed by atoms with E-state index in [1.807, 2.05) is 6.07 Å². The molecule has 0 spiro atoms. The van der Waals surface area contributed by atoms with Gasteiger partial charge in [0.2, 0.25) is 6.79 Å². The minimum atomic E-state index is -0.524. The molecule has 7 nitrogen and oxygen atoms in total. The first-order valence-electron chi connectivity index (χ1n) is 7.12. The minimum Gasteiger partial charge on any atom is -0.464 e. The van der Waals surface area contributed by atoms with Crippen LogP contribution in [-0.2, 0) is 4.74 Å². The number of aryl methyl sites for hydroxylation is 1. The molecule has 2 aromatic heterocycles. The molecule has 1 aliphatic heterocycles. The van der Waals surface area contributed by atoms with E-state index in [2.05, 4.69) is 10.1 Å². The molecule has 0 fully saturated rings. The van der Waals surface area contributed by atoms with E-state index in [4.69, 9.17) is 25.8 Å². The standard InChI is InChI=1S/C16H12ClN3O4/c1-8-14(17)15-18-10(6-11(16(21)22-2)20(15)19-8)9-3-4-12-13(5-9)24-7-23-12/h3-6H,7H2,1-2H3. The number of aromatic nitrogens is 3. The van der Waals surface area contributed by atoms with Crippen molar-refractivity contribution in [1.29, 1.82) is 0 Å². The maximum Gasteiger partial charge on any atom is 0.356 e. The molecule has 1 aliphatic rings. The van der Waals surface area contributed by atoms with Gasteiger partial charge in [-0.3, -0.25) is 0 Å². The van der Waals surface area contributed by atoms with Gasteiger partial charge >= 0.3 is 5.97 Å². The molecule has 4 rings (SSSR count). The lowest BCUT2D eigenvalue weighted by Gasteiger charge is -2.07. The lowest BCUT2D eigenvalue weighted by Crippen LogP contribution is -2.10. The van der Waals surface area contributed by atoms with Gasteiger partial charge in [0, 0.05) is 5.56 Å². The lowest BCUT2D eigenvalue weighted by molar-refractivity contribution is 0.0590. The van der Waals surface area contributed by atoms with Crippen molar-refractivity contribution in [3.8, 4) is 22.8 Å². The second kappa shape index (κ2) is 5.38. The first-order chi connectivity index (χ1) is 11.6. The van der Waals surface area contributed by atoms with E-state index in [-0.39, 0.29) is 12.5 Å². The number of fused-ring (bicyclic) bond motifs is 2. The van der Waals surface area contributed by atoms with Gasteiger partial charge in [-0.15, -0.1) is 0 Å². The molecule has 0 atom stereocenters. The normalized spacial score (nSPS) is 12.6. The molecule has 0 saturated carbocycles. The van der Waals surface area contributed by atoms with E-state index in [0.717, 1.165) is 5.56 Å². The predicted octanol–water partition coefficient (Wildman–Crippen LogP) is 2.87. The van der Waals surface area contributed by atoms with Gasteiger partial charge in [-0.2, -0.15) is 5.10 Å². The van der Waals surface area contributed by atoms with Crippen molar-refractivity contribution in [1.82, 2.24) is 14.6 Å². The molecule has 3 aromatic rings. The fraction of sp³-hybridized carbons (Fsp3) is 0.188. The molecule has 8 heteroatoms. The average Bonchev–Trinajstić information content (AvgIpc) is 3.18. The van der Waals surface area contributed by atoms with Gasteiger partial charge in [-0.25, -0.2) is 14.3 Å². The first kappa shape index (κ1) is 14.8. The van der Waals surface area contributed by atoms with E-state index in [0.29, 0.717) is 33.6 Å². The number of benzene rings is 1. The fourth-order valence-corrected chi connectivity index (χ4v) is 2.71. The molecule has 0 unspecified atom stereocenters. The highest BCUT2D eigenvalue weighted by molar-refractivity contribution is 6.34. The Kier molecular flexibility index (Phi) is 3.31. The van der Waals surface area contributed by atoms with Crippen molar-refractivity contribution in [3.05, 3.63) is 40.7 Å². The summed E-state index contributed by atoms with van der Waals surface area (Å²) >= 11 is 6.27. The fourth-order valence-electron chi connectivity index (χ4n) is 2.55. The number of rotatable bonds is 2. The summed E-state index contributed by atoms with van der Waals surface area (Å²) in [5.41, 5.74) is 2.54. The maximum absolute atomic E-state index is 12.1. The lowest BCUT2D eigenvalue weighted by atomic mass is 10.1. The summed E-state index contributed by atoms with van der Waals surface area (Å²) < 4.78 is 16.9. The number of carbonyl (C=O) groups excluding carboxylic acids is 1. The molecular weight excluding hydrogens is 334 g/mol. The topological polar surface area (TPSA) is 75.0 Å². The van der Waals surface area contributed by atoms with Crippen LogP contribution >= 0.6 is 11.6 Å². The number of halogens is 1. The third-order valence-corrected chi connectivity index (χ3v) is 4.20. The summed E-state index contributed by atoms with van der Waals surface area (Å²) in [6, 6.07) is 7.05. The van der Waals surface area contributed by atoms with E-state index in [9.17, 15) is 4.79 Å². The Morgan fingerprint density at radius 1 is 1.29 bits per heavy atom. The number of ether oxygens (including phenoxy) is 3. The molecule has 0 saturated heterocycles. The molecule has 1 aromatic carbocycles. The van der Waals surface area contributed by atoms with Crippen molar-refractivity contribution in [2.45, 2.75) is 6.92 Å². The van der Waals surface area contributed by atoms with Crippen LogP contribution < -0.4 is 9.47 Å². The molecule has 0 bridgehead atoms. The van der Waals surface area contributed by atoms with Gasteiger partial charge in [0.1, 0.15) is 5.02 Å². The van der Waals surface area contributed by atoms with Crippen LogP contribution in [0.3, 0.4) is 0 Å². The maximum atomic E-state index is 12.1. The highest BCUT2D eigenvalue weighted by Crippen LogP contribution is 2.36. The Bertz CT molecular complexity index is 983. The second-order valence-corrected chi connectivity index (χ2v) is 5.60. The Labute approximate surface area is 141 Å². The summed E-state index contributed by atoms with van der Waals surface area (Å²) in [6.45, 7) is 1.94. The Morgan fingerprint density at radius 3 is 2.88 bits per heavy atom. The SMILES string of the molecule is COC(=O)c1cc(-c2ccc3c(c2)OCO3)nc2c(Cl)c(C)nn12. The highest BCUT2D eigenvalue weighted by Gasteiger charge is 2.21. The number of carbonyl (C=O) groups is 1. The van der Waals surface area contributed by atoms with Crippen LogP contribution in [0, 0.1) is 6.92 Å². The smallest absolute Gasteiger partial charge is 0.356 e. The molecule has 3 heterocycles. The highest BCUT2D eigenvalue weighted by atomic mass is 35.5.